The molecule has 0 aliphatic carbocycles. The Morgan fingerprint density at radius 1 is 1.06 bits per heavy atom. The lowest BCUT2D eigenvalue weighted by molar-refractivity contribution is -0.385. The minimum Gasteiger partial charge on any atom is -0.493 e. The van der Waals surface area contributed by atoms with Crippen molar-refractivity contribution < 1.29 is 19.2 Å². The van der Waals surface area contributed by atoms with Gasteiger partial charge >= 0.3 is 0 Å². The van der Waals surface area contributed by atoms with Crippen LogP contribution in [0, 0.1) is 21.4 Å². The van der Waals surface area contributed by atoms with E-state index in [4.69, 9.17) is 14.7 Å². The fourth-order valence-corrected chi connectivity index (χ4v) is 3.25. The van der Waals surface area contributed by atoms with Crippen LogP contribution in [0.3, 0.4) is 0 Å². The summed E-state index contributed by atoms with van der Waals surface area (Å²) >= 11 is 0. The standard InChI is InChI=1S/C24H22N4O5/c1-32-21-12-19(20(28(30)31)13-22(21)33-2)23(27-18-10-8-16(14-25)9-11-18)24(29)26-15-17-6-4-3-5-7-17/h3-13,23,27H,15H2,1-2H3,(H,26,29)/t23-/m0/s1. The first-order valence-electron chi connectivity index (χ1n) is 9.95. The molecule has 3 aromatic carbocycles. The lowest BCUT2D eigenvalue weighted by atomic mass is 10.0. The van der Waals surface area contributed by atoms with Gasteiger partial charge in [0.25, 0.3) is 5.69 Å². The maximum Gasteiger partial charge on any atom is 0.279 e. The highest BCUT2D eigenvalue weighted by molar-refractivity contribution is 5.87. The number of hydrogen-bond acceptors (Lipinski definition) is 7. The van der Waals surface area contributed by atoms with Crippen molar-refractivity contribution in [3.8, 4) is 17.6 Å². The van der Waals surface area contributed by atoms with E-state index >= 15 is 0 Å². The van der Waals surface area contributed by atoms with Gasteiger partial charge in [-0.05, 0) is 35.9 Å². The van der Waals surface area contributed by atoms with Crippen LogP contribution in [0.5, 0.6) is 11.5 Å². The zero-order valence-electron chi connectivity index (χ0n) is 18.1. The number of ether oxygens (including phenoxy) is 2. The molecule has 0 saturated carbocycles. The first kappa shape index (κ1) is 23.1. The van der Waals surface area contributed by atoms with Crippen LogP contribution in [0.4, 0.5) is 11.4 Å². The van der Waals surface area contributed by atoms with Crippen molar-refractivity contribution in [3.63, 3.8) is 0 Å². The number of nitro groups is 1. The molecule has 0 aromatic heterocycles. The molecular formula is C24H22N4O5. The van der Waals surface area contributed by atoms with E-state index in [1.54, 1.807) is 24.3 Å². The molecule has 0 unspecified atom stereocenters. The molecular weight excluding hydrogens is 424 g/mol. The molecule has 0 aliphatic rings. The summed E-state index contributed by atoms with van der Waals surface area (Å²) in [7, 11) is 2.78. The van der Waals surface area contributed by atoms with Crippen molar-refractivity contribution in [2.75, 3.05) is 19.5 Å². The molecule has 0 fully saturated rings. The molecule has 168 valence electrons. The van der Waals surface area contributed by atoms with Gasteiger partial charge in [-0.15, -0.1) is 0 Å². The highest BCUT2D eigenvalue weighted by atomic mass is 16.6. The molecule has 9 nitrogen and oxygen atoms in total. The molecule has 0 radical (unpaired) electrons. The second kappa shape index (κ2) is 10.6. The number of carbonyl (C=O) groups excluding carboxylic acids is 1. The molecule has 3 aromatic rings. The van der Waals surface area contributed by atoms with E-state index in [9.17, 15) is 14.9 Å². The number of amides is 1. The van der Waals surface area contributed by atoms with Gasteiger partial charge in [0.05, 0.1) is 42.4 Å². The van der Waals surface area contributed by atoms with E-state index < -0.39 is 16.9 Å². The van der Waals surface area contributed by atoms with Crippen molar-refractivity contribution in [3.05, 3.63) is 93.5 Å². The number of benzene rings is 3. The Labute approximate surface area is 190 Å². The third-order valence-corrected chi connectivity index (χ3v) is 4.94. The topological polar surface area (TPSA) is 127 Å². The molecule has 0 bridgehead atoms. The summed E-state index contributed by atoms with van der Waals surface area (Å²) < 4.78 is 10.5. The van der Waals surface area contributed by atoms with Crippen LogP contribution in [-0.4, -0.2) is 25.1 Å². The number of anilines is 1. The molecule has 9 heteroatoms. The number of nitrogens with one attached hydrogen (secondary N) is 2. The molecule has 3 rings (SSSR count). The highest BCUT2D eigenvalue weighted by Gasteiger charge is 2.30. The van der Waals surface area contributed by atoms with Gasteiger partial charge in [-0.25, -0.2) is 0 Å². The Morgan fingerprint density at radius 3 is 2.27 bits per heavy atom. The first-order valence-corrected chi connectivity index (χ1v) is 9.95. The largest absolute Gasteiger partial charge is 0.493 e. The second-order valence-electron chi connectivity index (χ2n) is 6.99. The number of carbonyl (C=O) groups is 1. The fourth-order valence-electron chi connectivity index (χ4n) is 3.25. The minimum atomic E-state index is -1.12. The first-order chi connectivity index (χ1) is 16.0. The summed E-state index contributed by atoms with van der Waals surface area (Å²) in [4.78, 5) is 24.5. The Kier molecular flexibility index (Phi) is 7.44. The number of hydrogen-bond donors (Lipinski definition) is 2. The van der Waals surface area contributed by atoms with E-state index in [-0.39, 0.29) is 29.3 Å². The summed E-state index contributed by atoms with van der Waals surface area (Å²) in [5.41, 5.74) is 1.65. The van der Waals surface area contributed by atoms with Crippen molar-refractivity contribution in [2.24, 2.45) is 0 Å². The van der Waals surface area contributed by atoms with Gasteiger partial charge < -0.3 is 20.1 Å². The third-order valence-electron chi connectivity index (χ3n) is 4.94. The normalized spacial score (nSPS) is 11.1. The quantitative estimate of drug-likeness (QED) is 0.376. The number of rotatable bonds is 9. The van der Waals surface area contributed by atoms with E-state index in [1.165, 1.54) is 26.4 Å². The SMILES string of the molecule is COc1cc([C@H](Nc2ccc(C#N)cc2)C(=O)NCc2ccccc2)c([N+](=O)[O-])cc1OC. The van der Waals surface area contributed by atoms with Crippen molar-refractivity contribution >= 4 is 17.3 Å². The molecule has 33 heavy (non-hydrogen) atoms. The summed E-state index contributed by atoms with van der Waals surface area (Å²) in [5.74, 6) is -0.0473. The van der Waals surface area contributed by atoms with Crippen LogP contribution in [-0.2, 0) is 11.3 Å². The van der Waals surface area contributed by atoms with Crippen LogP contribution in [0.15, 0.2) is 66.7 Å². The second-order valence-corrected chi connectivity index (χ2v) is 6.99. The Bertz CT molecular complexity index is 1170. The minimum absolute atomic E-state index is 0.104. The molecule has 2 N–H and O–H groups in total. The molecule has 0 heterocycles. The number of nitrogens with zero attached hydrogens (tertiary/aromatic N) is 2. The lowest BCUT2D eigenvalue weighted by Gasteiger charge is -2.21. The van der Waals surface area contributed by atoms with E-state index in [1.807, 2.05) is 36.4 Å². The lowest BCUT2D eigenvalue weighted by Crippen LogP contribution is -2.33. The number of nitro benzene ring substituents is 1. The molecule has 0 spiro atoms. The average molecular weight is 446 g/mol. The van der Waals surface area contributed by atoms with Crippen LogP contribution >= 0.6 is 0 Å². The third kappa shape index (κ3) is 5.57. The van der Waals surface area contributed by atoms with Crippen LogP contribution in [0.25, 0.3) is 0 Å². The van der Waals surface area contributed by atoms with Gasteiger partial charge in [-0.1, -0.05) is 30.3 Å². The van der Waals surface area contributed by atoms with E-state index in [2.05, 4.69) is 10.6 Å². The maximum atomic E-state index is 13.3. The molecule has 0 saturated heterocycles. The predicted octanol–water partition coefficient (Wildman–Crippen LogP) is 3.95. The van der Waals surface area contributed by atoms with Crippen LogP contribution < -0.4 is 20.1 Å². The van der Waals surface area contributed by atoms with Gasteiger partial charge in [-0.2, -0.15) is 5.26 Å². The summed E-state index contributed by atoms with van der Waals surface area (Å²) in [6.07, 6.45) is 0. The van der Waals surface area contributed by atoms with Crippen molar-refractivity contribution in [1.29, 1.82) is 5.26 Å². The van der Waals surface area contributed by atoms with E-state index in [0.717, 1.165) is 5.56 Å². The highest BCUT2D eigenvalue weighted by Crippen LogP contribution is 2.38. The Balaban J connectivity index is 2.02. The molecule has 1 atom stereocenters. The average Bonchev–Trinajstić information content (AvgIpc) is 2.85. The zero-order valence-corrected chi connectivity index (χ0v) is 18.1. The van der Waals surface area contributed by atoms with Crippen LogP contribution in [0.1, 0.15) is 22.7 Å². The summed E-state index contributed by atoms with van der Waals surface area (Å²) in [6, 6.07) is 19.3. The van der Waals surface area contributed by atoms with Gasteiger partial charge in [0.2, 0.25) is 5.91 Å². The molecule has 1 amide bonds. The smallest absolute Gasteiger partial charge is 0.279 e. The molecule has 0 aliphatic heterocycles. The van der Waals surface area contributed by atoms with Gasteiger partial charge in [0, 0.05) is 12.2 Å². The Morgan fingerprint density at radius 2 is 1.70 bits per heavy atom. The van der Waals surface area contributed by atoms with E-state index in [0.29, 0.717) is 11.3 Å². The summed E-state index contributed by atoms with van der Waals surface area (Å²) in [5, 5.41) is 26.7. The van der Waals surface area contributed by atoms with Crippen LogP contribution in [0.2, 0.25) is 0 Å². The monoisotopic (exact) mass is 446 g/mol. The maximum absolute atomic E-state index is 13.3. The summed E-state index contributed by atoms with van der Waals surface area (Å²) in [6.45, 7) is 0.242. The Hall–Kier alpha value is -4.58. The van der Waals surface area contributed by atoms with Crippen molar-refractivity contribution in [1.82, 2.24) is 5.32 Å². The number of nitriles is 1. The van der Waals surface area contributed by atoms with Gasteiger partial charge in [0.1, 0.15) is 6.04 Å². The zero-order chi connectivity index (χ0) is 23.8. The van der Waals surface area contributed by atoms with Gasteiger partial charge in [0.15, 0.2) is 11.5 Å². The number of methoxy groups -OCH3 is 2. The predicted molar refractivity (Wildman–Crippen MR) is 122 cm³/mol. The van der Waals surface area contributed by atoms with Crippen molar-refractivity contribution in [2.45, 2.75) is 12.6 Å². The fraction of sp³-hybridized carbons (Fsp3) is 0.167. The van der Waals surface area contributed by atoms with Gasteiger partial charge in [-0.3, -0.25) is 14.9 Å².